The summed E-state index contributed by atoms with van der Waals surface area (Å²) in [6.07, 6.45) is 0. The molecule has 1 aliphatic heterocycles. The molecule has 4 amide bonds. The highest BCUT2D eigenvalue weighted by atomic mass is 32.1. The fourth-order valence-corrected chi connectivity index (χ4v) is 4.80. The third-order valence-electron chi connectivity index (χ3n) is 6.02. The molecule has 1 aromatic heterocycles. The van der Waals surface area contributed by atoms with Gasteiger partial charge in [-0.05, 0) is 23.3 Å². The zero-order valence-electron chi connectivity index (χ0n) is 20.6. The molecule has 38 heavy (non-hydrogen) atoms. The van der Waals surface area contributed by atoms with E-state index in [2.05, 4.69) is 20.4 Å². The first kappa shape index (κ1) is 26.8. The van der Waals surface area contributed by atoms with Crippen molar-refractivity contribution in [1.82, 2.24) is 15.2 Å². The maximum atomic E-state index is 13.6. The number of imide groups is 1. The molecule has 198 valence electrons. The molecule has 3 atom stereocenters. The van der Waals surface area contributed by atoms with Gasteiger partial charge in [-0.25, -0.2) is 19.5 Å². The Labute approximate surface area is 222 Å². The number of aromatic nitrogens is 1. The van der Waals surface area contributed by atoms with Crippen molar-refractivity contribution in [2.75, 3.05) is 25.6 Å². The fraction of sp³-hybridized carbons (Fsp3) is 0.269. The third-order valence-corrected chi connectivity index (χ3v) is 6.78. The van der Waals surface area contributed by atoms with Gasteiger partial charge < -0.3 is 25.2 Å². The molecule has 1 saturated heterocycles. The maximum Gasteiger partial charge on any atom is 0.357 e. The van der Waals surface area contributed by atoms with E-state index < -0.39 is 41.8 Å². The second kappa shape index (κ2) is 11.8. The highest BCUT2D eigenvalue weighted by Gasteiger charge is 2.47. The number of benzene rings is 2. The molecule has 3 aromatic rings. The quantitative estimate of drug-likeness (QED) is 0.264. The molecule has 3 N–H and O–H groups in total. The molecule has 2 aromatic carbocycles. The van der Waals surface area contributed by atoms with Crippen molar-refractivity contribution in [1.29, 1.82) is 0 Å². The molecule has 0 saturated carbocycles. The van der Waals surface area contributed by atoms with Gasteiger partial charge in [-0.15, -0.1) is 11.3 Å². The molecule has 0 radical (unpaired) electrons. The van der Waals surface area contributed by atoms with Crippen molar-refractivity contribution in [2.24, 2.45) is 0 Å². The number of carbonyl (C=O) groups is 4. The van der Waals surface area contributed by atoms with Gasteiger partial charge in [0, 0.05) is 11.3 Å². The summed E-state index contributed by atoms with van der Waals surface area (Å²) in [5.74, 6) is -1.94. The molecule has 4 rings (SSSR count). The number of carbonyl (C=O) groups excluding carboxylic acids is 4. The van der Waals surface area contributed by atoms with E-state index in [0.717, 1.165) is 21.8 Å². The van der Waals surface area contributed by atoms with Crippen molar-refractivity contribution >= 4 is 40.3 Å². The number of aliphatic hydroxyl groups excluding tert-OH is 1. The molecular weight excluding hydrogens is 512 g/mol. The lowest BCUT2D eigenvalue weighted by atomic mass is 9.91. The average molecular weight is 539 g/mol. The Morgan fingerprint density at radius 1 is 1.16 bits per heavy atom. The highest BCUT2D eigenvalue weighted by Crippen LogP contribution is 2.32. The van der Waals surface area contributed by atoms with Crippen LogP contribution in [0.15, 0.2) is 60.0 Å². The van der Waals surface area contributed by atoms with Crippen LogP contribution in [0.4, 0.5) is 9.93 Å². The van der Waals surface area contributed by atoms with E-state index in [1.54, 1.807) is 43.3 Å². The number of anilines is 1. The van der Waals surface area contributed by atoms with Crippen molar-refractivity contribution < 1.29 is 33.8 Å². The largest absolute Gasteiger partial charge is 0.491 e. The zero-order chi connectivity index (χ0) is 27.2. The van der Waals surface area contributed by atoms with Crippen molar-refractivity contribution in [3.05, 3.63) is 76.8 Å². The van der Waals surface area contributed by atoms with Gasteiger partial charge >= 0.3 is 12.0 Å². The lowest BCUT2D eigenvalue weighted by molar-refractivity contribution is -0.134. The van der Waals surface area contributed by atoms with E-state index >= 15 is 0 Å². The van der Waals surface area contributed by atoms with Gasteiger partial charge in [0.25, 0.3) is 5.91 Å². The summed E-state index contributed by atoms with van der Waals surface area (Å²) in [4.78, 5) is 57.0. The Hall–Kier alpha value is -4.29. The van der Waals surface area contributed by atoms with Gasteiger partial charge in [0.05, 0.1) is 13.7 Å². The van der Waals surface area contributed by atoms with Crippen LogP contribution >= 0.6 is 11.3 Å². The average Bonchev–Trinajstić information content (AvgIpc) is 3.52. The minimum absolute atomic E-state index is 0.0296. The molecular formula is C26H26N4O7S. The number of esters is 1. The van der Waals surface area contributed by atoms with Crippen molar-refractivity contribution in [3.63, 3.8) is 0 Å². The van der Waals surface area contributed by atoms with E-state index in [1.807, 2.05) is 18.2 Å². The summed E-state index contributed by atoms with van der Waals surface area (Å²) in [6.45, 7) is 1.74. The van der Waals surface area contributed by atoms with Gasteiger partial charge in [-0.2, -0.15) is 0 Å². The first-order chi connectivity index (χ1) is 18.3. The Morgan fingerprint density at radius 2 is 1.87 bits per heavy atom. The molecule has 0 spiro atoms. The Balaban J connectivity index is 1.62. The number of thiazole rings is 1. The molecule has 2 heterocycles. The topological polar surface area (TPSA) is 147 Å². The zero-order valence-corrected chi connectivity index (χ0v) is 21.4. The number of amides is 4. The number of aliphatic hydroxyl groups is 1. The lowest BCUT2D eigenvalue weighted by Gasteiger charge is -2.29. The summed E-state index contributed by atoms with van der Waals surface area (Å²) in [5.41, 5.74) is 1.29. The van der Waals surface area contributed by atoms with Crippen LogP contribution < -0.4 is 15.4 Å². The summed E-state index contributed by atoms with van der Waals surface area (Å²) in [7, 11) is 1.22. The number of urea groups is 1. The minimum atomic E-state index is -1.22. The molecule has 11 nitrogen and oxygen atoms in total. The number of nitrogens with zero attached hydrogens (tertiary/aromatic N) is 2. The van der Waals surface area contributed by atoms with E-state index in [1.165, 1.54) is 12.5 Å². The van der Waals surface area contributed by atoms with Crippen molar-refractivity contribution in [2.45, 2.75) is 24.9 Å². The van der Waals surface area contributed by atoms with Crippen molar-refractivity contribution in [3.8, 4) is 5.75 Å². The third kappa shape index (κ3) is 5.66. The number of hydrogen-bond donors (Lipinski definition) is 3. The van der Waals surface area contributed by atoms with Gasteiger partial charge in [0.1, 0.15) is 24.4 Å². The molecule has 1 fully saturated rings. The van der Waals surface area contributed by atoms with E-state index in [-0.39, 0.29) is 24.0 Å². The van der Waals surface area contributed by atoms with Crippen LogP contribution in [0.2, 0.25) is 0 Å². The number of ether oxygens (including phenoxy) is 2. The van der Waals surface area contributed by atoms with Gasteiger partial charge in [0.2, 0.25) is 5.91 Å². The van der Waals surface area contributed by atoms with E-state index in [4.69, 9.17) is 9.84 Å². The summed E-state index contributed by atoms with van der Waals surface area (Å²) in [5, 5.41) is 15.8. The van der Waals surface area contributed by atoms with Crippen LogP contribution in [0.5, 0.6) is 5.75 Å². The minimum Gasteiger partial charge on any atom is -0.491 e. The molecule has 3 unspecified atom stereocenters. The molecule has 1 aliphatic rings. The summed E-state index contributed by atoms with van der Waals surface area (Å²) in [6, 6.07) is 12.7. The number of hydrogen-bond acceptors (Lipinski definition) is 9. The fourth-order valence-electron chi connectivity index (χ4n) is 4.12. The second-order valence-corrected chi connectivity index (χ2v) is 9.25. The van der Waals surface area contributed by atoms with Gasteiger partial charge in [-0.3, -0.25) is 9.59 Å². The normalized spacial score (nSPS) is 16.5. The highest BCUT2D eigenvalue weighted by molar-refractivity contribution is 7.14. The van der Waals surface area contributed by atoms with Crippen LogP contribution in [-0.4, -0.2) is 65.2 Å². The van der Waals surface area contributed by atoms with Gasteiger partial charge in [-0.1, -0.05) is 49.4 Å². The maximum absolute atomic E-state index is 13.6. The Kier molecular flexibility index (Phi) is 8.34. The predicted molar refractivity (Wildman–Crippen MR) is 138 cm³/mol. The first-order valence-electron chi connectivity index (χ1n) is 11.7. The van der Waals surface area contributed by atoms with Crippen LogP contribution in [0.25, 0.3) is 0 Å². The summed E-state index contributed by atoms with van der Waals surface area (Å²) >= 11 is 1.02. The van der Waals surface area contributed by atoms with Crippen LogP contribution in [0, 0.1) is 0 Å². The first-order valence-corrected chi connectivity index (χ1v) is 12.6. The molecule has 12 heteroatoms. The van der Waals surface area contributed by atoms with E-state index in [0.29, 0.717) is 11.3 Å². The number of methoxy groups -OCH3 is 1. The van der Waals surface area contributed by atoms with Gasteiger partial charge in [0.15, 0.2) is 10.8 Å². The van der Waals surface area contributed by atoms with Crippen LogP contribution in [0.1, 0.15) is 40.5 Å². The predicted octanol–water partition coefficient (Wildman–Crippen LogP) is 2.70. The van der Waals surface area contributed by atoms with Crippen LogP contribution in [-0.2, 0) is 14.3 Å². The summed E-state index contributed by atoms with van der Waals surface area (Å²) < 4.78 is 10.0. The standard InChI is InChI=1S/C26H26N4O7S/c1-15(16-6-4-3-5-7-16)21(22(32)29-25-27-19(14-38-25)24(34)36-2)30-23(33)20(28-26(30)35)17-8-10-18(11-9-17)37-13-12-31/h3-11,14-15,20-21,31H,12-13H2,1-2H3,(H,28,35)(H,27,29,32). The Bertz CT molecular complexity index is 1310. The van der Waals surface area contributed by atoms with Crippen LogP contribution in [0.3, 0.4) is 0 Å². The smallest absolute Gasteiger partial charge is 0.357 e. The second-order valence-electron chi connectivity index (χ2n) is 8.39. The SMILES string of the molecule is COC(=O)c1csc(NC(=O)C(C(C)c2ccccc2)N2C(=O)NC(c3ccc(OCCO)cc3)C2=O)n1. The molecule has 0 aliphatic carbocycles. The number of rotatable bonds is 10. The molecule has 0 bridgehead atoms. The monoisotopic (exact) mass is 538 g/mol. The number of nitrogens with one attached hydrogen (secondary N) is 2. The lowest BCUT2D eigenvalue weighted by Crippen LogP contribution is -2.50. The van der Waals surface area contributed by atoms with E-state index in [9.17, 15) is 19.2 Å². The Morgan fingerprint density at radius 3 is 2.53 bits per heavy atom.